The van der Waals surface area contributed by atoms with Crippen molar-refractivity contribution in [3.8, 4) is 0 Å². The molecule has 1 aromatic carbocycles. The van der Waals surface area contributed by atoms with Crippen molar-refractivity contribution in [2.24, 2.45) is 0 Å². The fourth-order valence-corrected chi connectivity index (χ4v) is 4.31. The van der Waals surface area contributed by atoms with E-state index in [2.05, 4.69) is 6.92 Å². The van der Waals surface area contributed by atoms with Gasteiger partial charge < -0.3 is 4.74 Å². The number of unbranched alkanes of at least 4 members (excludes halogenated alkanes) is 15. The Morgan fingerprint density at radius 3 is 1.68 bits per heavy atom. The van der Waals surface area contributed by atoms with Crippen LogP contribution < -0.4 is 0 Å². The maximum Gasteiger partial charge on any atom is 0.339 e. The molecular formula is C26H42O2. The van der Waals surface area contributed by atoms with Crippen molar-refractivity contribution in [2.75, 3.05) is 0 Å². The highest BCUT2D eigenvalue weighted by Gasteiger charge is 2.29. The second-order valence-corrected chi connectivity index (χ2v) is 8.57. The van der Waals surface area contributed by atoms with Gasteiger partial charge >= 0.3 is 5.97 Å². The third-order valence-corrected chi connectivity index (χ3v) is 6.10. The number of carbonyl (C=O) groups excluding carboxylic acids is 1. The molecule has 1 aliphatic heterocycles. The summed E-state index contributed by atoms with van der Waals surface area (Å²) in [5.41, 5.74) is 1.86. The molecule has 0 aliphatic carbocycles. The van der Waals surface area contributed by atoms with Crippen LogP contribution in [0.1, 0.15) is 138 Å². The fraction of sp³-hybridized carbons (Fsp3) is 0.731. The Hall–Kier alpha value is -1.31. The number of hydrogen-bond donors (Lipinski definition) is 0. The van der Waals surface area contributed by atoms with Crippen LogP contribution in [0, 0.1) is 0 Å². The summed E-state index contributed by atoms with van der Waals surface area (Å²) in [5.74, 6) is -0.142. The van der Waals surface area contributed by atoms with E-state index in [1.807, 2.05) is 24.3 Å². The second-order valence-electron chi connectivity index (χ2n) is 8.57. The maximum atomic E-state index is 11.8. The lowest BCUT2D eigenvalue weighted by Gasteiger charge is -2.10. The van der Waals surface area contributed by atoms with Crippen molar-refractivity contribution in [2.45, 2.75) is 122 Å². The van der Waals surface area contributed by atoms with E-state index in [9.17, 15) is 4.79 Å². The number of fused-ring (bicyclic) bond motifs is 1. The van der Waals surface area contributed by atoms with E-state index >= 15 is 0 Å². The smallest absolute Gasteiger partial charge is 0.339 e. The summed E-state index contributed by atoms with van der Waals surface area (Å²) >= 11 is 0. The average Bonchev–Trinajstić information content (AvgIpc) is 3.04. The summed E-state index contributed by atoms with van der Waals surface area (Å²) in [6, 6.07) is 7.83. The molecule has 0 amide bonds. The molecule has 2 rings (SSSR count). The van der Waals surface area contributed by atoms with Crippen molar-refractivity contribution >= 4 is 5.97 Å². The molecule has 28 heavy (non-hydrogen) atoms. The lowest BCUT2D eigenvalue weighted by atomic mass is 9.99. The van der Waals surface area contributed by atoms with Crippen molar-refractivity contribution < 1.29 is 9.53 Å². The molecule has 1 aromatic rings. The summed E-state index contributed by atoms with van der Waals surface area (Å²) in [4.78, 5) is 11.8. The Labute approximate surface area is 173 Å². The number of benzene rings is 1. The number of ether oxygens (including phenoxy) is 1. The largest absolute Gasteiger partial charge is 0.454 e. The molecule has 1 heterocycles. The van der Waals surface area contributed by atoms with Gasteiger partial charge in [-0.25, -0.2) is 4.79 Å². The molecule has 0 radical (unpaired) electrons. The highest BCUT2D eigenvalue weighted by atomic mass is 16.5. The minimum atomic E-state index is -0.142. The van der Waals surface area contributed by atoms with Crippen LogP contribution in [-0.2, 0) is 4.74 Å². The van der Waals surface area contributed by atoms with Crippen molar-refractivity contribution in [1.29, 1.82) is 0 Å². The molecule has 0 N–H and O–H groups in total. The predicted molar refractivity (Wildman–Crippen MR) is 119 cm³/mol. The average molecular weight is 387 g/mol. The van der Waals surface area contributed by atoms with Crippen LogP contribution in [0.25, 0.3) is 0 Å². The number of rotatable bonds is 17. The zero-order valence-corrected chi connectivity index (χ0v) is 18.2. The maximum absolute atomic E-state index is 11.8. The highest BCUT2D eigenvalue weighted by Crippen LogP contribution is 2.34. The molecule has 1 aliphatic rings. The molecule has 0 saturated heterocycles. The fourth-order valence-electron chi connectivity index (χ4n) is 4.31. The quantitative estimate of drug-likeness (QED) is 0.198. The zero-order chi connectivity index (χ0) is 19.9. The number of carbonyl (C=O) groups is 1. The SMILES string of the molecule is CCCCCCCCCCCCCCCCCCC1OC(=O)c2ccccc21. The van der Waals surface area contributed by atoms with Gasteiger partial charge in [0.2, 0.25) is 0 Å². The Morgan fingerprint density at radius 2 is 1.14 bits per heavy atom. The van der Waals surface area contributed by atoms with Crippen LogP contribution >= 0.6 is 0 Å². The molecule has 2 nitrogen and oxygen atoms in total. The van der Waals surface area contributed by atoms with Crippen molar-refractivity contribution in [3.63, 3.8) is 0 Å². The monoisotopic (exact) mass is 386 g/mol. The minimum absolute atomic E-state index is 0.00431. The van der Waals surface area contributed by atoms with E-state index in [1.54, 1.807) is 0 Å². The molecular weight excluding hydrogens is 344 g/mol. The molecule has 0 aromatic heterocycles. The highest BCUT2D eigenvalue weighted by molar-refractivity contribution is 5.93. The van der Waals surface area contributed by atoms with Gasteiger partial charge in [-0.15, -0.1) is 0 Å². The molecule has 1 atom stereocenters. The first-order chi connectivity index (χ1) is 13.8. The molecule has 0 saturated carbocycles. The van der Waals surface area contributed by atoms with Crippen LogP contribution in [0.15, 0.2) is 24.3 Å². The standard InChI is InChI=1S/C26H42O2/c1-2-3-4-5-6-7-8-9-10-11-12-13-14-15-16-17-22-25-23-20-18-19-21-24(23)26(27)28-25/h18-21,25H,2-17,22H2,1H3. The molecule has 1 unspecified atom stereocenters. The first-order valence-electron chi connectivity index (χ1n) is 12.1. The van der Waals surface area contributed by atoms with Gasteiger partial charge in [0.15, 0.2) is 0 Å². The van der Waals surface area contributed by atoms with E-state index in [-0.39, 0.29) is 12.1 Å². The predicted octanol–water partition coefficient (Wildman–Crippen LogP) is 8.55. The van der Waals surface area contributed by atoms with Gasteiger partial charge in [0.05, 0.1) is 5.56 Å². The van der Waals surface area contributed by atoms with E-state index in [0.717, 1.165) is 24.0 Å². The molecule has 0 bridgehead atoms. The van der Waals surface area contributed by atoms with E-state index in [1.165, 1.54) is 96.3 Å². The summed E-state index contributed by atoms with van der Waals surface area (Å²) < 4.78 is 5.52. The normalized spacial score (nSPS) is 15.6. The molecule has 0 spiro atoms. The van der Waals surface area contributed by atoms with Crippen LogP contribution in [0.5, 0.6) is 0 Å². The van der Waals surface area contributed by atoms with Gasteiger partial charge in [-0.05, 0) is 18.9 Å². The van der Waals surface area contributed by atoms with Crippen LogP contribution in [0.4, 0.5) is 0 Å². The third-order valence-electron chi connectivity index (χ3n) is 6.10. The third kappa shape index (κ3) is 8.80. The molecule has 0 fully saturated rings. The number of cyclic esters (lactones) is 1. The number of esters is 1. The van der Waals surface area contributed by atoms with Crippen molar-refractivity contribution in [1.82, 2.24) is 0 Å². The Morgan fingerprint density at radius 1 is 0.679 bits per heavy atom. The topological polar surface area (TPSA) is 26.3 Å². The molecule has 158 valence electrons. The van der Waals surface area contributed by atoms with Gasteiger partial charge in [0.25, 0.3) is 0 Å². The van der Waals surface area contributed by atoms with Gasteiger partial charge in [-0.2, -0.15) is 0 Å². The van der Waals surface area contributed by atoms with E-state index in [4.69, 9.17) is 4.74 Å². The minimum Gasteiger partial charge on any atom is -0.454 e. The van der Waals surface area contributed by atoms with E-state index in [0.29, 0.717) is 0 Å². The lowest BCUT2D eigenvalue weighted by Crippen LogP contribution is -1.98. The summed E-state index contributed by atoms with van der Waals surface area (Å²) in [6.45, 7) is 2.29. The Bertz CT molecular complexity index is 537. The van der Waals surface area contributed by atoms with E-state index < -0.39 is 0 Å². The second kappa shape index (κ2) is 14.7. The summed E-state index contributed by atoms with van der Waals surface area (Å²) in [6.07, 6.45) is 23.2. The zero-order valence-electron chi connectivity index (χ0n) is 18.2. The van der Waals surface area contributed by atoms with Gasteiger partial charge in [-0.1, -0.05) is 121 Å². The summed E-state index contributed by atoms with van der Waals surface area (Å²) in [7, 11) is 0. The van der Waals surface area contributed by atoms with Crippen molar-refractivity contribution in [3.05, 3.63) is 35.4 Å². The first-order valence-corrected chi connectivity index (χ1v) is 12.1. The molecule has 2 heteroatoms. The first kappa shape index (κ1) is 23.0. The Kier molecular flexibility index (Phi) is 12.0. The Balaban J connectivity index is 1.34. The van der Waals surface area contributed by atoms with Crippen LogP contribution in [0.3, 0.4) is 0 Å². The van der Waals surface area contributed by atoms with Crippen LogP contribution in [0.2, 0.25) is 0 Å². The van der Waals surface area contributed by atoms with Gasteiger partial charge in [0, 0.05) is 5.56 Å². The lowest BCUT2D eigenvalue weighted by molar-refractivity contribution is 0.0363. The van der Waals surface area contributed by atoms with Crippen LogP contribution in [-0.4, -0.2) is 5.97 Å². The van der Waals surface area contributed by atoms with Gasteiger partial charge in [0.1, 0.15) is 6.10 Å². The number of hydrogen-bond acceptors (Lipinski definition) is 2. The van der Waals surface area contributed by atoms with Gasteiger partial charge in [-0.3, -0.25) is 0 Å². The summed E-state index contributed by atoms with van der Waals surface area (Å²) in [5, 5.41) is 0.